The number of nitrogens with zero attached hydrogens (tertiary/aromatic N) is 1. The van der Waals surface area contributed by atoms with Crippen molar-refractivity contribution >= 4 is 27.5 Å². The molecule has 2 aromatic rings. The van der Waals surface area contributed by atoms with Crippen LogP contribution in [0, 0.1) is 5.82 Å². The number of ether oxygens (including phenoxy) is 1. The first-order chi connectivity index (χ1) is 16.8. The Morgan fingerprint density at radius 3 is 2.53 bits per heavy atom. The van der Waals surface area contributed by atoms with Crippen molar-refractivity contribution in [3.8, 4) is 5.75 Å². The third-order valence-corrected chi connectivity index (χ3v) is 7.01. The number of amides is 1. The lowest BCUT2D eigenvalue weighted by atomic mass is 10.0. The summed E-state index contributed by atoms with van der Waals surface area (Å²) in [6, 6.07) is 6.17. The minimum Gasteiger partial charge on any atom is -0.489 e. The molecule has 0 radical (unpaired) electrons. The topological polar surface area (TPSA) is 75.7 Å². The standard InChI is InChI=1S/C24H25ClF4N2O4S/c1-36(33,34)30-23(32)18-10-17(15-5-6-15)22(11-21(18)26)35-16-3-2-8-31(13-16)12-14-4-7-19(20(25)9-14)24(27,28)29/h4,7,9-11,15-16H,2-3,5-6,8,12-13H2,1H3,(H,30,32)/t16-/m1/s1. The summed E-state index contributed by atoms with van der Waals surface area (Å²) in [4.78, 5) is 14.3. The first-order valence-electron chi connectivity index (χ1n) is 11.4. The molecule has 0 spiro atoms. The number of nitrogens with one attached hydrogen (secondary N) is 1. The number of carbonyl (C=O) groups excluding carboxylic acids is 1. The van der Waals surface area contributed by atoms with E-state index in [2.05, 4.69) is 0 Å². The molecule has 1 atom stereocenters. The van der Waals surface area contributed by atoms with E-state index in [1.54, 1.807) is 4.72 Å². The summed E-state index contributed by atoms with van der Waals surface area (Å²) in [6.07, 6.45) is -0.829. The fraction of sp³-hybridized carbons (Fsp3) is 0.458. The molecule has 1 N–H and O–H groups in total. The maximum atomic E-state index is 14.8. The van der Waals surface area contributed by atoms with Crippen molar-refractivity contribution in [2.45, 2.75) is 50.4 Å². The maximum Gasteiger partial charge on any atom is 0.417 e. The summed E-state index contributed by atoms with van der Waals surface area (Å²) in [5.41, 5.74) is 0.0523. The molecule has 2 fully saturated rings. The SMILES string of the molecule is CS(=O)(=O)NC(=O)c1cc(C2CC2)c(O[C@@H]2CCCN(Cc3ccc(C(F)(F)F)c(Cl)c3)C2)cc1F. The fourth-order valence-corrected chi connectivity index (χ4v) is 5.12. The van der Waals surface area contributed by atoms with Crippen LogP contribution < -0.4 is 9.46 Å². The molecule has 6 nitrogen and oxygen atoms in total. The Kier molecular flexibility index (Phi) is 7.55. The summed E-state index contributed by atoms with van der Waals surface area (Å²) in [7, 11) is -3.85. The molecular formula is C24H25ClF4N2O4S. The molecule has 0 bridgehead atoms. The maximum absolute atomic E-state index is 14.8. The van der Waals surface area contributed by atoms with Crippen molar-refractivity contribution in [3.05, 3.63) is 63.4 Å². The van der Waals surface area contributed by atoms with Gasteiger partial charge in [0.2, 0.25) is 10.0 Å². The number of benzene rings is 2. The molecule has 1 heterocycles. The summed E-state index contributed by atoms with van der Waals surface area (Å²) in [6.45, 7) is 1.57. The van der Waals surface area contributed by atoms with Gasteiger partial charge < -0.3 is 4.74 Å². The van der Waals surface area contributed by atoms with Gasteiger partial charge in [0.1, 0.15) is 17.7 Å². The summed E-state index contributed by atoms with van der Waals surface area (Å²) in [5.74, 6) is -1.51. The number of hydrogen-bond acceptors (Lipinski definition) is 5. The van der Waals surface area contributed by atoms with Crippen LogP contribution in [0.1, 0.15) is 58.6 Å². The first kappa shape index (κ1) is 26.7. The molecule has 4 rings (SSSR count). The monoisotopic (exact) mass is 548 g/mol. The van der Waals surface area contributed by atoms with Gasteiger partial charge in [-0.05, 0) is 67.5 Å². The average molecular weight is 549 g/mol. The minimum atomic E-state index is -4.52. The number of alkyl halides is 3. The van der Waals surface area contributed by atoms with Crippen LogP contribution in [-0.4, -0.2) is 44.7 Å². The Balaban J connectivity index is 1.47. The van der Waals surface area contributed by atoms with E-state index in [-0.39, 0.29) is 22.6 Å². The number of likely N-dealkylation sites (tertiary alicyclic amines) is 1. The highest BCUT2D eigenvalue weighted by Gasteiger charge is 2.34. The minimum absolute atomic E-state index is 0.0966. The van der Waals surface area contributed by atoms with Crippen molar-refractivity contribution in [2.75, 3.05) is 19.3 Å². The highest BCUT2D eigenvalue weighted by atomic mass is 35.5. The van der Waals surface area contributed by atoms with E-state index in [0.717, 1.165) is 37.7 Å². The van der Waals surface area contributed by atoms with E-state index in [4.69, 9.17) is 16.3 Å². The second-order valence-corrected chi connectivity index (χ2v) is 11.4. The number of carbonyl (C=O) groups is 1. The number of hydrogen-bond donors (Lipinski definition) is 1. The van der Waals surface area contributed by atoms with Gasteiger partial charge in [0.05, 0.1) is 22.4 Å². The van der Waals surface area contributed by atoms with Gasteiger partial charge in [0.15, 0.2) is 0 Å². The number of sulfonamides is 1. The molecule has 0 aromatic heterocycles. The zero-order valence-corrected chi connectivity index (χ0v) is 20.9. The Hall–Kier alpha value is -2.37. The molecule has 1 amide bonds. The van der Waals surface area contributed by atoms with Crippen LogP contribution in [0.4, 0.5) is 17.6 Å². The van der Waals surface area contributed by atoms with E-state index in [0.29, 0.717) is 42.9 Å². The summed E-state index contributed by atoms with van der Waals surface area (Å²) in [5, 5.41) is -0.352. The van der Waals surface area contributed by atoms with E-state index >= 15 is 0 Å². The Morgan fingerprint density at radius 1 is 1.19 bits per heavy atom. The lowest BCUT2D eigenvalue weighted by Gasteiger charge is -2.33. The normalized spacial score (nSPS) is 19.2. The third-order valence-electron chi connectivity index (χ3n) is 6.14. The third kappa shape index (κ3) is 6.68. The van der Waals surface area contributed by atoms with Crippen molar-refractivity contribution in [1.29, 1.82) is 0 Å². The lowest BCUT2D eigenvalue weighted by Crippen LogP contribution is -2.40. The molecule has 1 aliphatic heterocycles. The predicted molar refractivity (Wildman–Crippen MR) is 126 cm³/mol. The van der Waals surface area contributed by atoms with Gasteiger partial charge in [-0.15, -0.1) is 0 Å². The average Bonchev–Trinajstić information content (AvgIpc) is 3.57. The lowest BCUT2D eigenvalue weighted by molar-refractivity contribution is -0.137. The Bertz CT molecular complexity index is 1270. The molecule has 36 heavy (non-hydrogen) atoms. The smallest absolute Gasteiger partial charge is 0.417 e. The Morgan fingerprint density at radius 2 is 1.92 bits per heavy atom. The van der Waals surface area contributed by atoms with Gasteiger partial charge >= 0.3 is 6.18 Å². The van der Waals surface area contributed by atoms with Gasteiger partial charge in [-0.1, -0.05) is 17.7 Å². The zero-order valence-electron chi connectivity index (χ0n) is 19.4. The van der Waals surface area contributed by atoms with Crippen molar-refractivity contribution in [1.82, 2.24) is 9.62 Å². The molecule has 0 unspecified atom stereocenters. The van der Waals surface area contributed by atoms with E-state index in [1.807, 2.05) is 4.90 Å². The fourth-order valence-electron chi connectivity index (χ4n) is 4.36. The van der Waals surface area contributed by atoms with Gasteiger partial charge in [-0.25, -0.2) is 17.5 Å². The molecular weight excluding hydrogens is 524 g/mol. The van der Waals surface area contributed by atoms with Crippen molar-refractivity contribution in [3.63, 3.8) is 0 Å². The largest absolute Gasteiger partial charge is 0.489 e. The number of rotatable bonds is 7. The number of piperidine rings is 1. The molecule has 2 aromatic carbocycles. The molecule has 1 aliphatic carbocycles. The predicted octanol–water partition coefficient (Wildman–Crippen LogP) is 5.11. The van der Waals surface area contributed by atoms with Crippen LogP contribution in [0.3, 0.4) is 0 Å². The van der Waals surface area contributed by atoms with Crippen molar-refractivity contribution < 1.29 is 35.5 Å². The molecule has 1 saturated carbocycles. The van der Waals surface area contributed by atoms with Crippen LogP contribution >= 0.6 is 11.6 Å². The van der Waals surface area contributed by atoms with Gasteiger partial charge in [0.25, 0.3) is 5.91 Å². The molecule has 196 valence electrons. The van der Waals surface area contributed by atoms with Crippen molar-refractivity contribution in [2.24, 2.45) is 0 Å². The van der Waals surface area contributed by atoms with Gasteiger partial charge in [-0.2, -0.15) is 13.2 Å². The first-order valence-corrected chi connectivity index (χ1v) is 13.7. The molecule has 2 aliphatic rings. The van der Waals surface area contributed by atoms with Crippen LogP contribution in [0.25, 0.3) is 0 Å². The zero-order chi connectivity index (χ0) is 26.3. The van der Waals surface area contributed by atoms with Crippen LogP contribution in [0.5, 0.6) is 5.75 Å². The van der Waals surface area contributed by atoms with E-state index in [9.17, 15) is 30.8 Å². The highest BCUT2D eigenvalue weighted by molar-refractivity contribution is 7.89. The van der Waals surface area contributed by atoms with E-state index in [1.165, 1.54) is 18.2 Å². The summed E-state index contributed by atoms with van der Waals surface area (Å²) >= 11 is 5.85. The van der Waals surface area contributed by atoms with Crippen LogP contribution in [-0.2, 0) is 22.7 Å². The summed E-state index contributed by atoms with van der Waals surface area (Å²) < 4.78 is 84.4. The van der Waals surface area contributed by atoms with E-state index < -0.39 is 33.5 Å². The van der Waals surface area contributed by atoms with Crippen LogP contribution in [0.15, 0.2) is 30.3 Å². The second-order valence-electron chi connectivity index (χ2n) is 9.28. The molecule has 12 heteroatoms. The Labute approximate surface area is 211 Å². The number of halogens is 5. The molecule has 1 saturated heterocycles. The highest BCUT2D eigenvalue weighted by Crippen LogP contribution is 2.45. The quantitative estimate of drug-likeness (QED) is 0.487. The van der Waals surface area contributed by atoms with Gasteiger partial charge in [-0.3, -0.25) is 9.69 Å². The second kappa shape index (κ2) is 10.2. The van der Waals surface area contributed by atoms with Crippen LogP contribution in [0.2, 0.25) is 5.02 Å². The van der Waals surface area contributed by atoms with Gasteiger partial charge in [0, 0.05) is 19.2 Å².